The van der Waals surface area contributed by atoms with Gasteiger partial charge in [0.15, 0.2) is 0 Å². The molecule has 0 atom stereocenters. The summed E-state index contributed by atoms with van der Waals surface area (Å²) in [4.78, 5) is 14.5. The maximum Gasteiger partial charge on any atom is 0.255 e. The largest absolute Gasteiger partial charge is 0.395 e. The number of aliphatic hydroxyl groups is 1. The quantitative estimate of drug-likeness (QED) is 0.847. The highest BCUT2D eigenvalue weighted by Crippen LogP contribution is 2.15. The van der Waals surface area contributed by atoms with E-state index in [9.17, 15) is 4.79 Å². The topological polar surface area (TPSA) is 40.5 Å². The van der Waals surface area contributed by atoms with Crippen molar-refractivity contribution in [3.8, 4) is 11.8 Å². The number of nitrogens with zero attached hydrogens (tertiary/aromatic N) is 1. The second-order valence-corrected chi connectivity index (χ2v) is 5.80. The van der Waals surface area contributed by atoms with Gasteiger partial charge in [0.1, 0.15) is 0 Å². The van der Waals surface area contributed by atoms with Crippen LogP contribution in [0, 0.1) is 11.8 Å². The van der Waals surface area contributed by atoms with Crippen molar-refractivity contribution >= 4 is 17.7 Å². The van der Waals surface area contributed by atoms with Crippen molar-refractivity contribution in [3.05, 3.63) is 35.4 Å². The van der Waals surface area contributed by atoms with E-state index in [1.165, 1.54) is 0 Å². The van der Waals surface area contributed by atoms with Crippen LogP contribution in [0.15, 0.2) is 24.3 Å². The van der Waals surface area contributed by atoms with Gasteiger partial charge in [-0.2, -0.15) is 11.8 Å². The van der Waals surface area contributed by atoms with E-state index in [0.29, 0.717) is 12.0 Å². The summed E-state index contributed by atoms with van der Waals surface area (Å²) in [7, 11) is 0. The number of benzene rings is 1. The lowest BCUT2D eigenvalue weighted by molar-refractivity contribution is 0.0768. The molecule has 1 aromatic rings. The van der Waals surface area contributed by atoms with Gasteiger partial charge >= 0.3 is 0 Å². The molecule has 0 aromatic heterocycles. The van der Waals surface area contributed by atoms with Crippen molar-refractivity contribution in [3.63, 3.8) is 0 Å². The van der Waals surface area contributed by atoms with Crippen LogP contribution in [-0.4, -0.2) is 47.1 Å². The van der Waals surface area contributed by atoms with Crippen LogP contribution in [0.3, 0.4) is 0 Å². The summed E-state index contributed by atoms with van der Waals surface area (Å²) in [6.07, 6.45) is 1.48. The number of carbonyl (C=O) groups excluding carboxylic acids is 1. The van der Waals surface area contributed by atoms with Gasteiger partial charge in [-0.15, -0.1) is 0 Å². The summed E-state index contributed by atoms with van der Waals surface area (Å²) in [6.45, 7) is 1.68. The Labute approximate surface area is 124 Å². The first-order chi connectivity index (χ1) is 9.83. The van der Waals surface area contributed by atoms with E-state index in [2.05, 4.69) is 11.8 Å². The smallest absolute Gasteiger partial charge is 0.255 e. The summed E-state index contributed by atoms with van der Waals surface area (Å²) in [5, 5.41) is 8.78. The zero-order valence-electron chi connectivity index (χ0n) is 11.5. The van der Waals surface area contributed by atoms with Crippen molar-refractivity contribution in [2.45, 2.75) is 12.8 Å². The lowest BCUT2D eigenvalue weighted by Crippen LogP contribution is -2.33. The van der Waals surface area contributed by atoms with Gasteiger partial charge in [-0.25, -0.2) is 0 Å². The maximum atomic E-state index is 12.6. The number of thioether (sulfide) groups is 1. The molecule has 20 heavy (non-hydrogen) atoms. The minimum atomic E-state index is 0.0481. The molecular formula is C16H19NO2S. The fourth-order valence-corrected chi connectivity index (χ4v) is 3.00. The highest BCUT2D eigenvalue weighted by Gasteiger charge is 2.19. The first-order valence-corrected chi connectivity index (χ1v) is 8.04. The van der Waals surface area contributed by atoms with E-state index in [1.807, 2.05) is 40.9 Å². The molecule has 1 saturated heterocycles. The Morgan fingerprint density at radius 3 is 3.00 bits per heavy atom. The number of aliphatic hydroxyl groups excluding tert-OH is 1. The number of carbonyl (C=O) groups is 1. The number of rotatable bonds is 2. The molecule has 1 aromatic carbocycles. The van der Waals surface area contributed by atoms with Gasteiger partial charge in [0.2, 0.25) is 0 Å². The summed E-state index contributed by atoms with van der Waals surface area (Å²) in [5.41, 5.74) is 1.42. The van der Waals surface area contributed by atoms with E-state index >= 15 is 0 Å². The monoisotopic (exact) mass is 289 g/mol. The third-order valence-electron chi connectivity index (χ3n) is 3.13. The average molecular weight is 289 g/mol. The standard InChI is InChI=1S/C16H19NO2S/c18-11-4-3-7-14-6-1-2-8-15(14)16(19)17-9-5-12-20-13-10-17/h1-2,6,8,18H,4-5,9-13H2. The molecule has 3 nitrogen and oxygen atoms in total. The van der Waals surface area contributed by atoms with Gasteiger partial charge in [0.05, 0.1) is 12.2 Å². The molecule has 0 unspecified atom stereocenters. The van der Waals surface area contributed by atoms with Gasteiger partial charge in [0, 0.05) is 30.8 Å². The van der Waals surface area contributed by atoms with Crippen LogP contribution in [0.4, 0.5) is 0 Å². The third-order valence-corrected chi connectivity index (χ3v) is 4.18. The van der Waals surface area contributed by atoms with Crippen molar-refractivity contribution in [2.75, 3.05) is 31.2 Å². The molecule has 0 aliphatic carbocycles. The Hall–Kier alpha value is -1.44. The molecule has 1 aliphatic rings. The molecule has 1 aliphatic heterocycles. The summed E-state index contributed by atoms with van der Waals surface area (Å²) in [5.74, 6) is 8.08. The second-order valence-electron chi connectivity index (χ2n) is 4.58. The number of hydrogen-bond donors (Lipinski definition) is 1. The highest BCUT2D eigenvalue weighted by atomic mass is 32.2. The molecule has 1 fully saturated rings. The van der Waals surface area contributed by atoms with Crippen molar-refractivity contribution in [2.24, 2.45) is 0 Å². The van der Waals surface area contributed by atoms with Crippen molar-refractivity contribution in [1.82, 2.24) is 4.90 Å². The molecule has 1 amide bonds. The van der Waals surface area contributed by atoms with E-state index in [-0.39, 0.29) is 12.5 Å². The molecule has 1 N–H and O–H groups in total. The molecule has 0 radical (unpaired) electrons. The zero-order valence-corrected chi connectivity index (χ0v) is 12.3. The van der Waals surface area contributed by atoms with Crippen LogP contribution in [0.25, 0.3) is 0 Å². The zero-order chi connectivity index (χ0) is 14.2. The second kappa shape index (κ2) is 7.98. The van der Waals surface area contributed by atoms with Crippen LogP contribution >= 0.6 is 11.8 Å². The minimum absolute atomic E-state index is 0.0481. The normalized spacial score (nSPS) is 15.2. The Morgan fingerprint density at radius 2 is 2.15 bits per heavy atom. The predicted octanol–water partition coefficient (Wildman–Crippen LogP) is 2.00. The van der Waals surface area contributed by atoms with E-state index in [4.69, 9.17) is 5.11 Å². The van der Waals surface area contributed by atoms with Crippen molar-refractivity contribution < 1.29 is 9.90 Å². The van der Waals surface area contributed by atoms with Crippen LogP contribution in [0.1, 0.15) is 28.8 Å². The summed E-state index contributed by atoms with van der Waals surface area (Å²) < 4.78 is 0. The molecular weight excluding hydrogens is 270 g/mol. The maximum absolute atomic E-state index is 12.6. The molecule has 106 valence electrons. The first kappa shape index (κ1) is 15.0. The number of hydrogen-bond acceptors (Lipinski definition) is 3. The van der Waals surface area contributed by atoms with Crippen LogP contribution in [-0.2, 0) is 0 Å². The third kappa shape index (κ3) is 4.03. The fraction of sp³-hybridized carbons (Fsp3) is 0.438. The van der Waals surface area contributed by atoms with Crippen molar-refractivity contribution in [1.29, 1.82) is 0 Å². The Balaban J connectivity index is 2.18. The lowest BCUT2D eigenvalue weighted by atomic mass is 10.1. The van der Waals surface area contributed by atoms with Gasteiger partial charge in [-0.05, 0) is 24.3 Å². The first-order valence-electron chi connectivity index (χ1n) is 6.88. The van der Waals surface area contributed by atoms with Crippen LogP contribution in [0.2, 0.25) is 0 Å². The fourth-order valence-electron chi connectivity index (χ4n) is 2.11. The Bertz CT molecular complexity index is 511. The average Bonchev–Trinajstić information content (AvgIpc) is 2.76. The molecule has 4 heteroatoms. The minimum Gasteiger partial charge on any atom is -0.395 e. The van der Waals surface area contributed by atoms with Gasteiger partial charge in [-0.1, -0.05) is 24.0 Å². The predicted molar refractivity (Wildman–Crippen MR) is 82.9 cm³/mol. The molecule has 2 rings (SSSR count). The summed E-state index contributed by atoms with van der Waals surface area (Å²) in [6, 6.07) is 7.46. The molecule has 0 spiro atoms. The SMILES string of the molecule is O=C(c1ccccc1C#CCCO)N1CCCSCC1. The van der Waals surface area contributed by atoms with Gasteiger partial charge in [-0.3, -0.25) is 4.79 Å². The van der Waals surface area contributed by atoms with Gasteiger partial charge in [0.25, 0.3) is 5.91 Å². The van der Waals surface area contributed by atoms with E-state index in [1.54, 1.807) is 0 Å². The molecule has 0 bridgehead atoms. The van der Waals surface area contributed by atoms with Gasteiger partial charge < -0.3 is 10.0 Å². The lowest BCUT2D eigenvalue weighted by Gasteiger charge is -2.20. The number of amides is 1. The molecule has 1 heterocycles. The highest BCUT2D eigenvalue weighted by molar-refractivity contribution is 7.99. The van der Waals surface area contributed by atoms with Crippen LogP contribution in [0.5, 0.6) is 0 Å². The molecule has 0 saturated carbocycles. The van der Waals surface area contributed by atoms with Crippen LogP contribution < -0.4 is 0 Å². The van der Waals surface area contributed by atoms with E-state index < -0.39 is 0 Å². The Morgan fingerprint density at radius 1 is 1.30 bits per heavy atom. The summed E-state index contributed by atoms with van der Waals surface area (Å²) >= 11 is 1.90. The Kier molecular flexibility index (Phi) is 5.97. The van der Waals surface area contributed by atoms with E-state index in [0.717, 1.165) is 36.6 Å².